The molecule has 1 N–H and O–H groups in total. The summed E-state index contributed by atoms with van der Waals surface area (Å²) in [5.74, 6) is 0.753. The Labute approximate surface area is 151 Å². The van der Waals surface area contributed by atoms with Crippen LogP contribution >= 0.6 is 0 Å². The summed E-state index contributed by atoms with van der Waals surface area (Å²) in [7, 11) is 0. The fraction of sp³-hybridized carbons (Fsp3) is 0.500. The van der Waals surface area contributed by atoms with E-state index in [9.17, 15) is 9.90 Å². The normalized spacial score (nSPS) is 23.5. The Kier molecular flexibility index (Phi) is 4.60. The molecule has 0 unspecified atom stereocenters. The average molecular weight is 358 g/mol. The van der Waals surface area contributed by atoms with Gasteiger partial charge in [-0.05, 0) is 19.1 Å². The van der Waals surface area contributed by atoms with Gasteiger partial charge in [0, 0.05) is 31.7 Å². The number of β-amino-alcohol motifs (C(OH)–C–C–N with tert-alkyl or cyclic N) is 1. The molecule has 8 heteroatoms. The molecule has 0 radical (unpaired) electrons. The number of hydrogen-bond acceptors (Lipinski definition) is 7. The summed E-state index contributed by atoms with van der Waals surface area (Å²) in [6.45, 7) is 4.78. The van der Waals surface area contributed by atoms with Crippen molar-refractivity contribution in [2.45, 2.75) is 25.5 Å². The lowest BCUT2D eigenvalue weighted by atomic mass is 10.1. The first kappa shape index (κ1) is 17.0. The van der Waals surface area contributed by atoms with Crippen LogP contribution in [0.2, 0.25) is 0 Å². The molecule has 1 amide bonds. The number of ether oxygens (including phenoxy) is 1. The number of carbonyl (C=O) groups excluding carboxylic acids is 1. The molecule has 0 spiro atoms. The minimum atomic E-state index is -0.605. The number of rotatable bonds is 3. The van der Waals surface area contributed by atoms with Crippen molar-refractivity contribution in [3.05, 3.63) is 41.5 Å². The molecule has 2 aromatic rings. The SMILES string of the molecule is Cc1noc([C@H]2C[C@@H](O)CN2C(=O)c2ccccc2N2CCOCC2)n1. The third-order valence-corrected chi connectivity index (χ3v) is 4.85. The zero-order valence-electron chi connectivity index (χ0n) is 14.7. The first-order valence-corrected chi connectivity index (χ1v) is 8.84. The molecular weight excluding hydrogens is 336 g/mol. The van der Waals surface area contributed by atoms with Gasteiger partial charge in [0.05, 0.1) is 24.9 Å². The Morgan fingerprint density at radius 3 is 2.77 bits per heavy atom. The Morgan fingerprint density at radius 2 is 2.04 bits per heavy atom. The van der Waals surface area contributed by atoms with E-state index in [1.165, 1.54) is 0 Å². The maximum atomic E-state index is 13.3. The topological polar surface area (TPSA) is 91.9 Å². The fourth-order valence-electron chi connectivity index (χ4n) is 3.61. The van der Waals surface area contributed by atoms with Gasteiger partial charge in [0.15, 0.2) is 5.82 Å². The van der Waals surface area contributed by atoms with Crippen LogP contribution in [0, 0.1) is 6.92 Å². The second-order valence-electron chi connectivity index (χ2n) is 6.66. The van der Waals surface area contributed by atoms with Crippen LogP contribution in [0.5, 0.6) is 0 Å². The lowest BCUT2D eigenvalue weighted by Crippen LogP contribution is -2.38. The molecule has 4 rings (SSSR count). The van der Waals surface area contributed by atoms with E-state index in [4.69, 9.17) is 9.26 Å². The summed E-state index contributed by atoms with van der Waals surface area (Å²) in [5, 5.41) is 14.0. The summed E-state index contributed by atoms with van der Waals surface area (Å²) in [6.07, 6.45) is -0.209. The van der Waals surface area contributed by atoms with Crippen LogP contribution in [0.15, 0.2) is 28.8 Å². The lowest BCUT2D eigenvalue weighted by molar-refractivity contribution is 0.0693. The smallest absolute Gasteiger partial charge is 0.256 e. The molecule has 2 aliphatic heterocycles. The predicted octanol–water partition coefficient (Wildman–Crippen LogP) is 1.16. The molecule has 2 fully saturated rings. The summed E-state index contributed by atoms with van der Waals surface area (Å²) in [4.78, 5) is 21.4. The molecule has 1 aromatic heterocycles. The number of likely N-dealkylation sites (tertiary alicyclic amines) is 1. The number of amides is 1. The summed E-state index contributed by atoms with van der Waals surface area (Å²) >= 11 is 0. The molecule has 3 heterocycles. The van der Waals surface area contributed by atoms with Gasteiger partial charge in [-0.1, -0.05) is 17.3 Å². The number of aryl methyl sites for hydroxylation is 1. The van der Waals surface area contributed by atoms with Gasteiger partial charge in [-0.3, -0.25) is 4.79 Å². The Bertz CT molecular complexity index is 787. The Balaban J connectivity index is 1.64. The molecule has 2 saturated heterocycles. The first-order chi connectivity index (χ1) is 12.6. The zero-order valence-corrected chi connectivity index (χ0v) is 14.7. The molecule has 8 nitrogen and oxygen atoms in total. The van der Waals surface area contributed by atoms with Crippen molar-refractivity contribution in [1.29, 1.82) is 0 Å². The maximum Gasteiger partial charge on any atom is 0.256 e. The standard InChI is InChI=1S/C18H22N4O4/c1-12-19-17(26-20-12)16-10-13(23)11-22(16)18(24)14-4-2-3-5-15(14)21-6-8-25-9-7-21/h2-5,13,16,23H,6-11H2,1H3/t13-,16-/m1/s1. The average Bonchev–Trinajstić information content (AvgIpc) is 3.27. The highest BCUT2D eigenvalue weighted by molar-refractivity contribution is 6.00. The molecule has 138 valence electrons. The van der Waals surface area contributed by atoms with Gasteiger partial charge in [0.1, 0.15) is 6.04 Å². The van der Waals surface area contributed by atoms with E-state index in [0.717, 1.165) is 18.8 Å². The molecule has 1 aromatic carbocycles. The lowest BCUT2D eigenvalue weighted by Gasteiger charge is -2.31. The van der Waals surface area contributed by atoms with E-state index in [1.807, 2.05) is 24.3 Å². The van der Waals surface area contributed by atoms with Crippen molar-refractivity contribution >= 4 is 11.6 Å². The summed E-state index contributed by atoms with van der Waals surface area (Å²) < 4.78 is 10.7. The van der Waals surface area contributed by atoms with Crippen LogP contribution in [-0.4, -0.2) is 65.0 Å². The van der Waals surface area contributed by atoms with Crippen LogP contribution in [-0.2, 0) is 4.74 Å². The maximum absolute atomic E-state index is 13.3. The van der Waals surface area contributed by atoms with Gasteiger partial charge in [-0.25, -0.2) is 0 Å². The van der Waals surface area contributed by atoms with Crippen molar-refractivity contribution in [3.63, 3.8) is 0 Å². The van der Waals surface area contributed by atoms with Crippen molar-refractivity contribution in [3.8, 4) is 0 Å². The molecule has 2 atom stereocenters. The van der Waals surface area contributed by atoms with Gasteiger partial charge in [-0.15, -0.1) is 0 Å². The second kappa shape index (κ2) is 7.05. The highest BCUT2D eigenvalue weighted by atomic mass is 16.5. The third kappa shape index (κ3) is 3.17. The molecule has 0 bridgehead atoms. The predicted molar refractivity (Wildman–Crippen MR) is 92.9 cm³/mol. The molecule has 26 heavy (non-hydrogen) atoms. The van der Waals surface area contributed by atoms with Crippen LogP contribution in [0.1, 0.15) is 34.5 Å². The molecule has 2 aliphatic rings. The number of aliphatic hydroxyl groups excluding tert-OH is 1. The minimum Gasteiger partial charge on any atom is -0.391 e. The van der Waals surface area contributed by atoms with E-state index < -0.39 is 12.1 Å². The number of aliphatic hydroxyl groups is 1. The monoisotopic (exact) mass is 358 g/mol. The van der Waals surface area contributed by atoms with E-state index >= 15 is 0 Å². The third-order valence-electron chi connectivity index (χ3n) is 4.85. The van der Waals surface area contributed by atoms with Gasteiger partial charge in [0.25, 0.3) is 5.91 Å². The van der Waals surface area contributed by atoms with Gasteiger partial charge in [0.2, 0.25) is 5.89 Å². The van der Waals surface area contributed by atoms with E-state index in [0.29, 0.717) is 36.9 Å². The Morgan fingerprint density at radius 1 is 1.27 bits per heavy atom. The van der Waals surface area contributed by atoms with Crippen LogP contribution in [0.4, 0.5) is 5.69 Å². The number of para-hydroxylation sites is 1. The van der Waals surface area contributed by atoms with E-state index in [2.05, 4.69) is 15.0 Å². The summed E-state index contributed by atoms with van der Waals surface area (Å²) in [5.41, 5.74) is 1.51. The Hall–Kier alpha value is -2.45. The fourth-order valence-corrected chi connectivity index (χ4v) is 3.61. The highest BCUT2D eigenvalue weighted by Crippen LogP contribution is 2.34. The first-order valence-electron chi connectivity index (χ1n) is 8.84. The van der Waals surface area contributed by atoms with Crippen LogP contribution in [0.3, 0.4) is 0 Å². The molecule has 0 aliphatic carbocycles. The quantitative estimate of drug-likeness (QED) is 0.880. The number of anilines is 1. The van der Waals surface area contributed by atoms with Gasteiger partial charge in [-0.2, -0.15) is 4.98 Å². The number of hydrogen-bond donors (Lipinski definition) is 1. The number of carbonyl (C=O) groups is 1. The molecule has 0 saturated carbocycles. The van der Waals surface area contributed by atoms with Crippen LogP contribution in [0.25, 0.3) is 0 Å². The van der Waals surface area contributed by atoms with Crippen molar-refractivity contribution < 1.29 is 19.2 Å². The number of benzene rings is 1. The number of nitrogens with zero attached hydrogens (tertiary/aromatic N) is 4. The second-order valence-corrected chi connectivity index (χ2v) is 6.66. The van der Waals surface area contributed by atoms with Gasteiger partial charge < -0.3 is 24.2 Å². The summed E-state index contributed by atoms with van der Waals surface area (Å²) in [6, 6.07) is 7.16. The largest absolute Gasteiger partial charge is 0.391 e. The van der Waals surface area contributed by atoms with Crippen LogP contribution < -0.4 is 4.90 Å². The highest BCUT2D eigenvalue weighted by Gasteiger charge is 2.39. The van der Waals surface area contributed by atoms with Crippen molar-refractivity contribution in [1.82, 2.24) is 15.0 Å². The number of morpholine rings is 1. The zero-order chi connectivity index (χ0) is 18.1. The minimum absolute atomic E-state index is 0.135. The van der Waals surface area contributed by atoms with E-state index in [-0.39, 0.29) is 12.5 Å². The van der Waals surface area contributed by atoms with Gasteiger partial charge >= 0.3 is 0 Å². The molecular formula is C18H22N4O4. The van der Waals surface area contributed by atoms with Crippen molar-refractivity contribution in [2.24, 2.45) is 0 Å². The van der Waals surface area contributed by atoms with E-state index in [1.54, 1.807) is 11.8 Å². The number of aromatic nitrogens is 2. The van der Waals surface area contributed by atoms with Crippen molar-refractivity contribution in [2.75, 3.05) is 37.7 Å².